The lowest BCUT2D eigenvalue weighted by Gasteiger charge is -2.47. The molecule has 0 spiro atoms. The van der Waals surface area contributed by atoms with Gasteiger partial charge in [0.1, 0.15) is 0 Å². The highest BCUT2D eigenvalue weighted by Gasteiger charge is 2.44. The van der Waals surface area contributed by atoms with Crippen LogP contribution in [0.25, 0.3) is 11.3 Å². The predicted molar refractivity (Wildman–Crippen MR) is 118 cm³/mol. The molecule has 33 heavy (non-hydrogen) atoms. The molecule has 4 rings (SSSR count). The average Bonchev–Trinajstić information content (AvgIpc) is 3.26. The van der Waals surface area contributed by atoms with Crippen molar-refractivity contribution >= 4 is 11.8 Å². The van der Waals surface area contributed by atoms with E-state index in [0.29, 0.717) is 48.4 Å². The Bertz CT molecular complexity index is 1180. The van der Waals surface area contributed by atoms with Crippen LogP contribution < -0.4 is 4.90 Å². The first kappa shape index (κ1) is 22.7. The van der Waals surface area contributed by atoms with Crippen molar-refractivity contribution in [2.75, 3.05) is 25.0 Å². The molecule has 0 radical (unpaired) electrons. The summed E-state index contributed by atoms with van der Waals surface area (Å²) >= 11 is 0. The molecule has 1 aliphatic rings. The number of nitrogens with zero attached hydrogens (tertiary/aromatic N) is 5. The summed E-state index contributed by atoms with van der Waals surface area (Å²) in [6.07, 6.45) is 5.37. The standard InChI is InChI=1S/C23H25F2N5O3/c1-28-12-17(10-27-28)23(29(2)22(32)33)6-3-7-30(14-23)21-11-26-20(9-16(21)13-31)15-4-5-18(24)19(25)8-15/h4-5,8-12,31H,3,6-7,13-14H2,1-2H3,(H,32,33). The Morgan fingerprint density at radius 1 is 1.24 bits per heavy atom. The summed E-state index contributed by atoms with van der Waals surface area (Å²) in [5, 5.41) is 24.1. The van der Waals surface area contributed by atoms with Crippen LogP contribution >= 0.6 is 0 Å². The number of aliphatic hydroxyl groups is 1. The van der Waals surface area contributed by atoms with Crippen molar-refractivity contribution in [2.45, 2.75) is 25.0 Å². The van der Waals surface area contributed by atoms with Crippen LogP contribution in [0.3, 0.4) is 0 Å². The summed E-state index contributed by atoms with van der Waals surface area (Å²) in [5.41, 5.74) is 1.98. The number of anilines is 1. The molecule has 0 saturated carbocycles. The van der Waals surface area contributed by atoms with Crippen LogP contribution in [0.15, 0.2) is 42.9 Å². The molecule has 0 bridgehead atoms. The number of hydrogen-bond acceptors (Lipinski definition) is 5. The molecule has 8 nitrogen and oxygen atoms in total. The number of piperidine rings is 1. The number of likely N-dealkylation sites (N-methyl/N-ethyl adjacent to an activating group) is 1. The van der Waals surface area contributed by atoms with Gasteiger partial charge in [-0.2, -0.15) is 5.10 Å². The fourth-order valence-electron chi connectivity index (χ4n) is 4.50. The lowest BCUT2D eigenvalue weighted by Crippen LogP contribution is -2.57. The first-order valence-electron chi connectivity index (χ1n) is 10.5. The maximum absolute atomic E-state index is 13.7. The van der Waals surface area contributed by atoms with Crippen molar-refractivity contribution in [3.8, 4) is 11.3 Å². The first-order chi connectivity index (χ1) is 15.7. The highest BCUT2D eigenvalue weighted by molar-refractivity contribution is 5.68. The SMILES string of the molecule is CN(C(=O)O)C1(c2cnn(C)c2)CCCN(c2cnc(-c3ccc(F)c(F)c3)cc2CO)C1. The van der Waals surface area contributed by atoms with Gasteiger partial charge in [0.2, 0.25) is 0 Å². The zero-order chi connectivity index (χ0) is 23.8. The van der Waals surface area contributed by atoms with Crippen LogP contribution in [0.2, 0.25) is 0 Å². The normalized spacial score (nSPS) is 18.4. The highest BCUT2D eigenvalue weighted by Crippen LogP contribution is 2.39. The van der Waals surface area contributed by atoms with Crippen molar-refractivity contribution in [2.24, 2.45) is 7.05 Å². The van der Waals surface area contributed by atoms with Crippen molar-refractivity contribution in [3.05, 3.63) is 65.6 Å². The summed E-state index contributed by atoms with van der Waals surface area (Å²) in [7, 11) is 3.33. The smallest absolute Gasteiger partial charge is 0.407 e. The van der Waals surface area contributed by atoms with E-state index in [9.17, 15) is 23.8 Å². The maximum Gasteiger partial charge on any atom is 0.407 e. The van der Waals surface area contributed by atoms with E-state index in [-0.39, 0.29) is 6.61 Å². The number of benzene rings is 1. The molecule has 1 unspecified atom stereocenters. The first-order valence-corrected chi connectivity index (χ1v) is 10.5. The summed E-state index contributed by atoms with van der Waals surface area (Å²) in [6.45, 7) is 0.703. The molecule has 1 aromatic carbocycles. The minimum absolute atomic E-state index is 0.292. The van der Waals surface area contributed by atoms with Gasteiger partial charge in [0.05, 0.1) is 35.9 Å². The van der Waals surface area contributed by atoms with Crippen LogP contribution in [-0.4, -0.2) is 56.1 Å². The Kier molecular flexibility index (Phi) is 6.03. The van der Waals surface area contributed by atoms with Crippen LogP contribution in [0.4, 0.5) is 19.3 Å². The number of amides is 1. The number of aromatic nitrogens is 3. The van der Waals surface area contributed by atoms with Crippen LogP contribution in [0.1, 0.15) is 24.0 Å². The van der Waals surface area contributed by atoms with E-state index in [1.165, 1.54) is 11.0 Å². The number of pyridine rings is 1. The summed E-state index contributed by atoms with van der Waals surface area (Å²) in [6, 6.07) is 5.17. The lowest BCUT2D eigenvalue weighted by atomic mass is 9.82. The van der Waals surface area contributed by atoms with Crippen molar-refractivity contribution < 1.29 is 23.8 Å². The zero-order valence-electron chi connectivity index (χ0n) is 18.4. The maximum atomic E-state index is 13.7. The van der Waals surface area contributed by atoms with Crippen LogP contribution in [0.5, 0.6) is 0 Å². The van der Waals surface area contributed by atoms with Gasteiger partial charge >= 0.3 is 6.09 Å². The van der Waals surface area contributed by atoms with Gasteiger partial charge in [-0.1, -0.05) is 0 Å². The fourth-order valence-corrected chi connectivity index (χ4v) is 4.50. The van der Waals surface area contributed by atoms with Gasteiger partial charge in [0.15, 0.2) is 11.6 Å². The van der Waals surface area contributed by atoms with E-state index in [0.717, 1.165) is 17.7 Å². The molecule has 3 heterocycles. The highest BCUT2D eigenvalue weighted by atomic mass is 19.2. The van der Waals surface area contributed by atoms with E-state index in [4.69, 9.17) is 0 Å². The Morgan fingerprint density at radius 3 is 2.67 bits per heavy atom. The third-order valence-corrected chi connectivity index (χ3v) is 6.33. The van der Waals surface area contributed by atoms with Crippen molar-refractivity contribution in [1.29, 1.82) is 0 Å². The number of carboxylic acid groups (broad SMARTS) is 1. The molecule has 10 heteroatoms. The zero-order valence-corrected chi connectivity index (χ0v) is 18.4. The van der Waals surface area contributed by atoms with E-state index < -0.39 is 23.3 Å². The molecule has 174 valence electrons. The van der Waals surface area contributed by atoms with Gasteiger partial charge in [-0.3, -0.25) is 14.6 Å². The van der Waals surface area contributed by atoms with Gasteiger partial charge < -0.3 is 15.1 Å². The minimum atomic E-state index is -1.05. The quantitative estimate of drug-likeness (QED) is 0.610. The largest absolute Gasteiger partial charge is 0.465 e. The van der Waals surface area contributed by atoms with Crippen LogP contribution in [-0.2, 0) is 19.2 Å². The molecule has 1 atom stereocenters. The summed E-state index contributed by atoms with van der Waals surface area (Å²) in [4.78, 5) is 19.7. The van der Waals surface area contributed by atoms with Gasteiger partial charge in [-0.05, 0) is 37.1 Å². The third kappa shape index (κ3) is 4.13. The average molecular weight is 457 g/mol. The van der Waals surface area contributed by atoms with E-state index >= 15 is 0 Å². The topological polar surface area (TPSA) is 94.7 Å². The Hall–Kier alpha value is -3.53. The molecule has 2 N–H and O–H groups in total. The van der Waals surface area contributed by atoms with Gasteiger partial charge in [0, 0.05) is 50.1 Å². The molecular weight excluding hydrogens is 432 g/mol. The molecular formula is C23H25F2N5O3. The van der Waals surface area contributed by atoms with Gasteiger partial charge in [0.25, 0.3) is 0 Å². The molecule has 1 fully saturated rings. The molecule has 1 aliphatic heterocycles. The minimum Gasteiger partial charge on any atom is -0.465 e. The molecule has 2 aromatic heterocycles. The van der Waals surface area contributed by atoms with Crippen molar-refractivity contribution in [1.82, 2.24) is 19.7 Å². The molecule has 1 saturated heterocycles. The van der Waals surface area contributed by atoms with E-state index in [1.807, 2.05) is 11.1 Å². The second-order valence-electron chi connectivity index (χ2n) is 8.29. The monoisotopic (exact) mass is 457 g/mol. The van der Waals surface area contributed by atoms with Gasteiger partial charge in [-0.25, -0.2) is 13.6 Å². The van der Waals surface area contributed by atoms with Crippen molar-refractivity contribution in [3.63, 3.8) is 0 Å². The number of halogens is 2. The Labute approximate surface area is 189 Å². The fraction of sp³-hybridized carbons (Fsp3) is 0.348. The third-order valence-electron chi connectivity index (χ3n) is 6.33. The molecule has 0 aliphatic carbocycles. The summed E-state index contributed by atoms with van der Waals surface area (Å²) < 4.78 is 28.6. The van der Waals surface area contributed by atoms with Crippen LogP contribution in [0, 0.1) is 11.6 Å². The lowest BCUT2D eigenvalue weighted by molar-refractivity contribution is 0.0803. The second kappa shape index (κ2) is 8.78. The number of carbonyl (C=O) groups is 1. The number of aryl methyl sites for hydroxylation is 1. The Morgan fingerprint density at radius 2 is 2.03 bits per heavy atom. The number of aliphatic hydroxyl groups excluding tert-OH is 1. The number of rotatable bonds is 5. The predicted octanol–water partition coefficient (Wildman–Crippen LogP) is 3.36. The number of hydrogen-bond donors (Lipinski definition) is 2. The summed E-state index contributed by atoms with van der Waals surface area (Å²) in [5.74, 6) is -1.92. The molecule has 3 aromatic rings. The second-order valence-corrected chi connectivity index (χ2v) is 8.29. The molecule has 1 amide bonds. The van der Waals surface area contributed by atoms with E-state index in [1.54, 1.807) is 37.2 Å². The Balaban J connectivity index is 1.72. The van der Waals surface area contributed by atoms with Gasteiger partial charge in [-0.15, -0.1) is 0 Å². The van der Waals surface area contributed by atoms with E-state index in [2.05, 4.69) is 10.1 Å².